The van der Waals surface area contributed by atoms with E-state index in [1.165, 1.54) is 72.8 Å². The number of carbonyl (C=O) groups excluding carboxylic acids is 5. The fourth-order valence-corrected chi connectivity index (χ4v) is 5.14. The van der Waals surface area contributed by atoms with Gasteiger partial charge in [0.1, 0.15) is 11.1 Å². The molecule has 2 heterocycles. The fourth-order valence-electron chi connectivity index (χ4n) is 5.14. The van der Waals surface area contributed by atoms with Crippen molar-refractivity contribution in [1.29, 1.82) is 0 Å². The molecule has 6 rings (SSSR count). The topological polar surface area (TPSA) is 178 Å². The fraction of sp³-hybridized carbons (Fsp3) is 0. The first-order valence-corrected chi connectivity index (χ1v) is 12.8. The molecule has 13 heteroatoms. The molecule has 44 heavy (non-hydrogen) atoms. The van der Waals surface area contributed by atoms with E-state index >= 15 is 0 Å². The first kappa shape index (κ1) is 27.5. The highest BCUT2D eigenvalue weighted by molar-refractivity contribution is 6.36. The van der Waals surface area contributed by atoms with Gasteiger partial charge in [0.25, 0.3) is 35.0 Å². The second-order valence-corrected chi connectivity index (χ2v) is 9.65. The maximum atomic E-state index is 13.1. The van der Waals surface area contributed by atoms with Gasteiger partial charge in [-0.25, -0.2) is 9.80 Å². The SMILES string of the molecule is O=C(C=Cc1cccc(N2C(=O)c3cccc([N+](=O)[O-])c3C2=O)c1)c1cccc(N2C(=O)c3cccc([N+](=O)[O-])c3C2=O)c1. The second-order valence-electron chi connectivity index (χ2n) is 9.65. The van der Waals surface area contributed by atoms with Crippen molar-refractivity contribution in [1.82, 2.24) is 0 Å². The summed E-state index contributed by atoms with van der Waals surface area (Å²) in [6.45, 7) is 0. The molecule has 0 N–H and O–H groups in total. The minimum Gasteiger partial charge on any atom is -0.289 e. The normalized spacial score (nSPS) is 13.9. The molecule has 2 aliphatic heterocycles. The molecule has 0 bridgehead atoms. The Morgan fingerprint density at radius 3 is 1.61 bits per heavy atom. The van der Waals surface area contributed by atoms with E-state index in [4.69, 9.17) is 0 Å². The molecule has 0 atom stereocenters. The molecular formula is C31H16N4O9. The number of amides is 4. The van der Waals surface area contributed by atoms with Crippen molar-refractivity contribution >= 4 is 58.2 Å². The molecule has 0 saturated heterocycles. The third kappa shape index (κ3) is 4.32. The zero-order valence-corrected chi connectivity index (χ0v) is 22.2. The lowest BCUT2D eigenvalue weighted by Gasteiger charge is -2.14. The number of rotatable bonds is 7. The zero-order chi connectivity index (χ0) is 31.3. The van der Waals surface area contributed by atoms with Crippen LogP contribution in [0.4, 0.5) is 22.7 Å². The van der Waals surface area contributed by atoms with Gasteiger partial charge in [-0.15, -0.1) is 0 Å². The monoisotopic (exact) mass is 588 g/mol. The van der Waals surface area contributed by atoms with Gasteiger partial charge >= 0.3 is 0 Å². The standard InChI is InChI=1S/C31H16N4O9/c36-25(18-6-2-8-20(16-18)33-29(38)22-10-4-12-24(35(43)44)27(22)31(33)40)14-13-17-5-1-7-19(15-17)32-28(37)21-9-3-11-23(34(41)42)26(21)30(32)39/h1-16H. The van der Waals surface area contributed by atoms with Crippen LogP contribution in [0.2, 0.25) is 0 Å². The average Bonchev–Trinajstić information content (AvgIpc) is 3.43. The van der Waals surface area contributed by atoms with Crippen LogP contribution in [0.3, 0.4) is 0 Å². The van der Waals surface area contributed by atoms with Crippen molar-refractivity contribution in [3.8, 4) is 0 Å². The summed E-state index contributed by atoms with van der Waals surface area (Å²) in [7, 11) is 0. The Morgan fingerprint density at radius 2 is 1.09 bits per heavy atom. The lowest BCUT2D eigenvalue weighted by atomic mass is 10.1. The first-order chi connectivity index (χ1) is 21.1. The molecule has 214 valence electrons. The Bertz CT molecular complexity index is 2050. The Morgan fingerprint density at radius 1 is 0.614 bits per heavy atom. The quantitative estimate of drug-likeness (QED) is 0.0944. The predicted molar refractivity (Wildman–Crippen MR) is 155 cm³/mol. The van der Waals surface area contributed by atoms with Crippen LogP contribution in [-0.4, -0.2) is 39.3 Å². The van der Waals surface area contributed by atoms with Gasteiger partial charge in [-0.3, -0.25) is 44.2 Å². The molecule has 0 aliphatic carbocycles. The van der Waals surface area contributed by atoms with E-state index in [-0.39, 0.29) is 39.2 Å². The number of benzene rings is 4. The van der Waals surface area contributed by atoms with Gasteiger partial charge in [0, 0.05) is 17.7 Å². The molecular weight excluding hydrogens is 572 g/mol. The lowest BCUT2D eigenvalue weighted by Crippen LogP contribution is -2.29. The number of hydrogen-bond acceptors (Lipinski definition) is 9. The number of fused-ring (bicyclic) bond motifs is 2. The zero-order valence-electron chi connectivity index (χ0n) is 22.2. The average molecular weight is 588 g/mol. The van der Waals surface area contributed by atoms with E-state index in [0.29, 0.717) is 5.56 Å². The third-order valence-corrected chi connectivity index (χ3v) is 7.12. The number of imide groups is 2. The number of anilines is 2. The highest BCUT2D eigenvalue weighted by atomic mass is 16.6. The van der Waals surface area contributed by atoms with Crippen LogP contribution >= 0.6 is 0 Å². The van der Waals surface area contributed by atoms with Crippen molar-refractivity contribution in [3.63, 3.8) is 0 Å². The van der Waals surface area contributed by atoms with Crippen LogP contribution < -0.4 is 9.80 Å². The molecule has 4 aromatic carbocycles. The van der Waals surface area contributed by atoms with Crippen LogP contribution in [0.1, 0.15) is 57.4 Å². The number of allylic oxidation sites excluding steroid dienone is 1. The molecule has 0 spiro atoms. The van der Waals surface area contributed by atoms with Crippen LogP contribution in [0.25, 0.3) is 6.08 Å². The molecule has 0 aromatic heterocycles. The van der Waals surface area contributed by atoms with E-state index < -0.39 is 50.6 Å². The highest BCUT2D eigenvalue weighted by Crippen LogP contribution is 2.35. The first-order valence-electron chi connectivity index (χ1n) is 12.8. The Balaban J connectivity index is 1.24. The van der Waals surface area contributed by atoms with Crippen molar-refractivity contribution < 1.29 is 33.8 Å². The minimum absolute atomic E-state index is 0.0477. The van der Waals surface area contributed by atoms with E-state index in [1.54, 1.807) is 12.1 Å². The van der Waals surface area contributed by atoms with Gasteiger partial charge in [-0.2, -0.15) is 0 Å². The third-order valence-electron chi connectivity index (χ3n) is 7.12. The van der Waals surface area contributed by atoms with Gasteiger partial charge in [0.05, 0.1) is 32.3 Å². The Hall–Kier alpha value is -6.63. The van der Waals surface area contributed by atoms with Gasteiger partial charge in [0.15, 0.2) is 5.78 Å². The number of nitro benzene ring substituents is 2. The summed E-state index contributed by atoms with van der Waals surface area (Å²) in [4.78, 5) is 88.1. The molecule has 0 unspecified atom stereocenters. The summed E-state index contributed by atoms with van der Waals surface area (Å²) in [5.74, 6) is -3.72. The summed E-state index contributed by atoms with van der Waals surface area (Å²) < 4.78 is 0. The number of hydrogen-bond donors (Lipinski definition) is 0. The molecule has 0 radical (unpaired) electrons. The largest absolute Gasteiger partial charge is 0.289 e. The lowest BCUT2D eigenvalue weighted by molar-refractivity contribution is -0.385. The van der Waals surface area contributed by atoms with Crippen molar-refractivity contribution in [2.45, 2.75) is 0 Å². The van der Waals surface area contributed by atoms with Crippen LogP contribution in [0.15, 0.2) is 91.0 Å². The maximum absolute atomic E-state index is 13.1. The number of ketones is 1. The summed E-state index contributed by atoms with van der Waals surface area (Å²) in [6.07, 6.45) is 2.63. The van der Waals surface area contributed by atoms with E-state index in [0.717, 1.165) is 21.9 Å². The summed E-state index contributed by atoms with van der Waals surface area (Å²) in [5.41, 5.74) is -1.10. The molecule has 4 amide bonds. The highest BCUT2D eigenvalue weighted by Gasteiger charge is 2.43. The summed E-state index contributed by atoms with van der Waals surface area (Å²) >= 11 is 0. The van der Waals surface area contributed by atoms with Gasteiger partial charge < -0.3 is 0 Å². The van der Waals surface area contributed by atoms with Crippen LogP contribution in [0.5, 0.6) is 0 Å². The smallest absolute Gasteiger partial charge is 0.283 e. The number of carbonyl (C=O) groups is 5. The molecule has 13 nitrogen and oxygen atoms in total. The molecule has 0 fully saturated rings. The Labute approximate surface area is 246 Å². The Kier molecular flexibility index (Phi) is 6.46. The number of nitrogens with zero attached hydrogens (tertiary/aromatic N) is 4. The summed E-state index contributed by atoms with van der Waals surface area (Å²) in [6, 6.07) is 19.3. The van der Waals surface area contributed by atoms with E-state index in [9.17, 15) is 44.2 Å². The van der Waals surface area contributed by atoms with E-state index in [2.05, 4.69) is 0 Å². The maximum Gasteiger partial charge on any atom is 0.283 e. The van der Waals surface area contributed by atoms with E-state index in [1.807, 2.05) is 0 Å². The number of nitro groups is 2. The molecule has 2 aliphatic rings. The molecule has 4 aromatic rings. The van der Waals surface area contributed by atoms with Crippen LogP contribution in [-0.2, 0) is 0 Å². The van der Waals surface area contributed by atoms with Crippen molar-refractivity contribution in [2.75, 3.05) is 9.80 Å². The second kappa shape index (κ2) is 10.3. The van der Waals surface area contributed by atoms with Gasteiger partial charge in [-0.1, -0.05) is 42.5 Å². The van der Waals surface area contributed by atoms with Crippen molar-refractivity contribution in [2.24, 2.45) is 0 Å². The van der Waals surface area contributed by atoms with Gasteiger partial charge in [-0.05, 0) is 48.0 Å². The van der Waals surface area contributed by atoms with Crippen LogP contribution in [0, 0.1) is 20.2 Å². The van der Waals surface area contributed by atoms with Crippen molar-refractivity contribution in [3.05, 3.63) is 145 Å². The molecule has 0 saturated carbocycles. The minimum atomic E-state index is -0.882. The summed E-state index contributed by atoms with van der Waals surface area (Å²) in [5, 5.41) is 22.8. The van der Waals surface area contributed by atoms with Gasteiger partial charge in [0.2, 0.25) is 0 Å². The predicted octanol–water partition coefficient (Wildman–Crippen LogP) is 5.00.